The van der Waals surface area contributed by atoms with E-state index in [0.717, 1.165) is 5.39 Å². The van der Waals surface area contributed by atoms with Gasteiger partial charge in [0.15, 0.2) is 0 Å². The number of carbonyl (C=O) groups is 1. The van der Waals surface area contributed by atoms with Crippen molar-refractivity contribution in [1.29, 1.82) is 5.26 Å². The third-order valence-corrected chi connectivity index (χ3v) is 3.72. The quantitative estimate of drug-likeness (QED) is 0.425. The number of para-hydroxylation sites is 1. The summed E-state index contributed by atoms with van der Waals surface area (Å²) in [4.78, 5) is 20.9. The number of nitrogens with zero attached hydrogens (tertiary/aromatic N) is 3. The molecular formula is C18H11BrN4O. The van der Waals surface area contributed by atoms with Gasteiger partial charge >= 0.3 is 0 Å². The highest BCUT2D eigenvalue weighted by atomic mass is 79.9. The Kier molecular flexibility index (Phi) is 4.64. The molecule has 1 N–H and O–H groups in total. The molecule has 0 aliphatic heterocycles. The summed E-state index contributed by atoms with van der Waals surface area (Å²) in [5.41, 5.74) is 1.72. The number of hydrogen-bond donors (Lipinski definition) is 1. The van der Waals surface area contributed by atoms with E-state index in [0.29, 0.717) is 21.5 Å². The van der Waals surface area contributed by atoms with Crippen LogP contribution in [0.2, 0.25) is 0 Å². The van der Waals surface area contributed by atoms with E-state index in [1.807, 2.05) is 30.3 Å². The molecule has 0 aliphatic carbocycles. The van der Waals surface area contributed by atoms with Crippen molar-refractivity contribution in [3.05, 3.63) is 70.6 Å². The van der Waals surface area contributed by atoms with Crippen LogP contribution in [0.5, 0.6) is 0 Å². The van der Waals surface area contributed by atoms with E-state index in [1.54, 1.807) is 30.5 Å². The number of rotatable bonds is 3. The van der Waals surface area contributed by atoms with E-state index < -0.39 is 5.91 Å². The first-order chi connectivity index (χ1) is 11.7. The van der Waals surface area contributed by atoms with E-state index in [1.165, 1.54) is 6.08 Å². The molecule has 2 aromatic heterocycles. The molecule has 0 aliphatic rings. The second-order valence-electron chi connectivity index (χ2n) is 4.89. The van der Waals surface area contributed by atoms with Gasteiger partial charge in [-0.2, -0.15) is 5.26 Å². The summed E-state index contributed by atoms with van der Waals surface area (Å²) in [7, 11) is 0. The van der Waals surface area contributed by atoms with Crippen molar-refractivity contribution in [2.45, 2.75) is 0 Å². The van der Waals surface area contributed by atoms with E-state index in [2.05, 4.69) is 31.2 Å². The van der Waals surface area contributed by atoms with Gasteiger partial charge in [0.1, 0.15) is 16.2 Å². The average Bonchev–Trinajstić information content (AvgIpc) is 2.60. The second-order valence-corrected chi connectivity index (χ2v) is 5.70. The largest absolute Gasteiger partial charge is 0.319 e. The molecule has 0 unspecified atom stereocenters. The fraction of sp³-hybridized carbons (Fsp3) is 0. The maximum Gasteiger partial charge on any atom is 0.266 e. The molecule has 0 fully saturated rings. The summed E-state index contributed by atoms with van der Waals surface area (Å²) < 4.78 is 0.632. The Hall–Kier alpha value is -3.04. The number of halogens is 1. The monoisotopic (exact) mass is 378 g/mol. The van der Waals surface area contributed by atoms with E-state index in [-0.39, 0.29) is 5.57 Å². The number of benzene rings is 1. The van der Waals surface area contributed by atoms with Crippen LogP contribution in [-0.4, -0.2) is 15.9 Å². The van der Waals surface area contributed by atoms with Gasteiger partial charge in [-0.3, -0.25) is 9.78 Å². The SMILES string of the molecule is N#C/C(=C\c1cccc(Br)n1)C(=O)Nc1cccc2cccnc12. The Balaban J connectivity index is 1.91. The summed E-state index contributed by atoms with van der Waals surface area (Å²) in [6.07, 6.45) is 3.10. The molecular weight excluding hydrogens is 368 g/mol. The normalized spacial score (nSPS) is 11.1. The van der Waals surface area contributed by atoms with E-state index >= 15 is 0 Å². The fourth-order valence-electron chi connectivity index (χ4n) is 2.20. The Morgan fingerprint density at radius 3 is 2.75 bits per heavy atom. The minimum absolute atomic E-state index is 0.0338. The Bertz CT molecular complexity index is 986. The topological polar surface area (TPSA) is 78.7 Å². The van der Waals surface area contributed by atoms with Gasteiger partial charge in [0.05, 0.1) is 16.9 Å². The molecule has 0 saturated carbocycles. The molecule has 5 nitrogen and oxygen atoms in total. The van der Waals surface area contributed by atoms with Gasteiger partial charge in [-0.15, -0.1) is 0 Å². The lowest BCUT2D eigenvalue weighted by molar-refractivity contribution is -0.112. The van der Waals surface area contributed by atoms with Gasteiger partial charge in [0, 0.05) is 11.6 Å². The first kappa shape index (κ1) is 15.8. The van der Waals surface area contributed by atoms with Crippen LogP contribution in [0.1, 0.15) is 5.69 Å². The van der Waals surface area contributed by atoms with Crippen LogP contribution in [0, 0.1) is 11.3 Å². The zero-order chi connectivity index (χ0) is 16.9. The Morgan fingerprint density at radius 2 is 1.96 bits per heavy atom. The molecule has 0 saturated heterocycles. The number of carbonyl (C=O) groups excluding carboxylic acids is 1. The Morgan fingerprint density at radius 1 is 1.17 bits per heavy atom. The smallest absolute Gasteiger partial charge is 0.266 e. The maximum atomic E-state index is 12.4. The van der Waals surface area contributed by atoms with Gasteiger partial charge in [-0.25, -0.2) is 4.98 Å². The molecule has 116 valence electrons. The lowest BCUT2D eigenvalue weighted by atomic mass is 10.1. The first-order valence-electron chi connectivity index (χ1n) is 7.07. The molecule has 1 amide bonds. The van der Waals surface area contributed by atoms with Crippen molar-refractivity contribution in [2.24, 2.45) is 0 Å². The lowest BCUT2D eigenvalue weighted by Crippen LogP contribution is -2.14. The highest BCUT2D eigenvalue weighted by molar-refractivity contribution is 9.10. The van der Waals surface area contributed by atoms with Crippen LogP contribution in [0.4, 0.5) is 5.69 Å². The molecule has 0 atom stereocenters. The first-order valence-corrected chi connectivity index (χ1v) is 7.86. The van der Waals surface area contributed by atoms with Gasteiger partial charge in [0.25, 0.3) is 5.91 Å². The highest BCUT2D eigenvalue weighted by Gasteiger charge is 2.12. The van der Waals surface area contributed by atoms with Gasteiger partial charge in [0.2, 0.25) is 0 Å². The summed E-state index contributed by atoms with van der Waals surface area (Å²) in [6, 6.07) is 16.4. The van der Waals surface area contributed by atoms with Crippen molar-refractivity contribution < 1.29 is 4.79 Å². The summed E-state index contributed by atoms with van der Waals surface area (Å²) in [6.45, 7) is 0. The molecule has 0 spiro atoms. The second kappa shape index (κ2) is 7.02. The minimum atomic E-state index is -0.502. The van der Waals surface area contributed by atoms with Crippen molar-refractivity contribution in [1.82, 2.24) is 9.97 Å². The van der Waals surface area contributed by atoms with Crippen LogP contribution in [0.25, 0.3) is 17.0 Å². The van der Waals surface area contributed by atoms with E-state index in [4.69, 9.17) is 0 Å². The van der Waals surface area contributed by atoms with Crippen molar-refractivity contribution in [2.75, 3.05) is 5.32 Å². The summed E-state index contributed by atoms with van der Waals surface area (Å²) >= 11 is 3.26. The van der Waals surface area contributed by atoms with Crippen LogP contribution < -0.4 is 5.32 Å². The highest BCUT2D eigenvalue weighted by Crippen LogP contribution is 2.21. The van der Waals surface area contributed by atoms with Crippen LogP contribution in [0.15, 0.2) is 64.9 Å². The number of hydrogen-bond acceptors (Lipinski definition) is 4. The zero-order valence-electron chi connectivity index (χ0n) is 12.4. The van der Waals surface area contributed by atoms with Crippen LogP contribution in [0.3, 0.4) is 0 Å². The average molecular weight is 379 g/mol. The predicted octanol–water partition coefficient (Wildman–Crippen LogP) is 3.94. The van der Waals surface area contributed by atoms with Crippen molar-refractivity contribution >= 4 is 44.5 Å². The Labute approximate surface area is 146 Å². The van der Waals surface area contributed by atoms with Crippen LogP contribution in [-0.2, 0) is 4.79 Å². The van der Waals surface area contributed by atoms with Gasteiger partial charge in [-0.05, 0) is 46.3 Å². The number of nitrogens with one attached hydrogen (secondary N) is 1. The lowest BCUT2D eigenvalue weighted by Gasteiger charge is -2.07. The number of amides is 1. The number of nitriles is 1. The molecule has 3 aromatic rings. The van der Waals surface area contributed by atoms with Crippen molar-refractivity contribution in [3.63, 3.8) is 0 Å². The molecule has 2 heterocycles. The fourth-order valence-corrected chi connectivity index (χ4v) is 2.55. The standard InChI is InChI=1S/C18H11BrN4O/c19-16-8-2-6-14(22-16)10-13(11-20)18(24)23-15-7-1-4-12-5-3-9-21-17(12)15/h1-10H,(H,23,24)/b13-10+. The molecule has 1 aromatic carbocycles. The van der Waals surface area contributed by atoms with Gasteiger partial charge < -0.3 is 5.32 Å². The predicted molar refractivity (Wildman–Crippen MR) is 95.9 cm³/mol. The van der Waals surface area contributed by atoms with Crippen molar-refractivity contribution in [3.8, 4) is 6.07 Å². The molecule has 0 bridgehead atoms. The molecule has 3 rings (SSSR count). The zero-order valence-corrected chi connectivity index (χ0v) is 14.0. The van der Waals surface area contributed by atoms with Gasteiger partial charge in [-0.1, -0.05) is 24.3 Å². The minimum Gasteiger partial charge on any atom is -0.319 e. The summed E-state index contributed by atoms with van der Waals surface area (Å²) in [5.74, 6) is -0.502. The number of aromatic nitrogens is 2. The third-order valence-electron chi connectivity index (χ3n) is 3.27. The number of anilines is 1. The maximum absolute atomic E-state index is 12.4. The molecule has 6 heteroatoms. The molecule has 0 radical (unpaired) electrons. The number of fused-ring (bicyclic) bond motifs is 1. The van der Waals surface area contributed by atoms with E-state index in [9.17, 15) is 10.1 Å². The van der Waals surface area contributed by atoms with Crippen LogP contribution >= 0.6 is 15.9 Å². The number of pyridine rings is 2. The third kappa shape index (κ3) is 3.47. The summed E-state index contributed by atoms with van der Waals surface area (Å²) in [5, 5.41) is 12.9. The molecule has 24 heavy (non-hydrogen) atoms.